The SMILES string of the molecule is CC(=O)N1CCN[C@@H](C(=O)[O-])C1.[Na+]. The number of nitrogens with one attached hydrogen (secondary N) is 1. The van der Waals surface area contributed by atoms with E-state index in [2.05, 4.69) is 5.32 Å². The zero-order chi connectivity index (χ0) is 9.14. The van der Waals surface area contributed by atoms with Crippen LogP contribution >= 0.6 is 0 Å². The molecular weight excluding hydrogens is 183 g/mol. The second-order valence-corrected chi connectivity index (χ2v) is 2.79. The van der Waals surface area contributed by atoms with Crippen molar-refractivity contribution in [1.82, 2.24) is 10.2 Å². The van der Waals surface area contributed by atoms with E-state index in [1.165, 1.54) is 11.8 Å². The van der Waals surface area contributed by atoms with Crippen LogP contribution in [0.3, 0.4) is 0 Å². The van der Waals surface area contributed by atoms with Gasteiger partial charge in [0, 0.05) is 26.6 Å². The molecule has 1 rings (SSSR count). The van der Waals surface area contributed by atoms with E-state index in [0.717, 1.165) is 0 Å². The third kappa shape index (κ3) is 3.64. The van der Waals surface area contributed by atoms with Gasteiger partial charge in [-0.25, -0.2) is 0 Å². The molecule has 68 valence electrons. The van der Waals surface area contributed by atoms with Crippen LogP contribution in [0.1, 0.15) is 6.92 Å². The molecule has 5 nitrogen and oxygen atoms in total. The summed E-state index contributed by atoms with van der Waals surface area (Å²) in [6, 6.07) is -0.720. The number of rotatable bonds is 1. The Labute approximate surface area is 98.8 Å². The van der Waals surface area contributed by atoms with Crippen molar-refractivity contribution in [2.75, 3.05) is 19.6 Å². The Morgan fingerprint density at radius 2 is 2.15 bits per heavy atom. The van der Waals surface area contributed by atoms with E-state index in [1.807, 2.05) is 0 Å². The zero-order valence-electron chi connectivity index (χ0n) is 7.87. The zero-order valence-corrected chi connectivity index (χ0v) is 9.87. The maximum absolute atomic E-state index is 10.9. The number of carboxylic acid groups (broad SMARTS) is 1. The van der Waals surface area contributed by atoms with Crippen molar-refractivity contribution in [3.8, 4) is 0 Å². The van der Waals surface area contributed by atoms with Gasteiger partial charge in [0.15, 0.2) is 0 Å². The second kappa shape index (κ2) is 5.59. The molecule has 0 saturated carbocycles. The molecule has 0 bridgehead atoms. The molecule has 0 unspecified atom stereocenters. The van der Waals surface area contributed by atoms with Crippen LogP contribution < -0.4 is 40.0 Å². The number of carbonyl (C=O) groups excluding carboxylic acids is 2. The van der Waals surface area contributed by atoms with Crippen molar-refractivity contribution < 1.29 is 44.3 Å². The molecule has 1 amide bonds. The fourth-order valence-electron chi connectivity index (χ4n) is 1.19. The molecule has 13 heavy (non-hydrogen) atoms. The normalized spacial score (nSPS) is 21.9. The minimum atomic E-state index is -1.15. The van der Waals surface area contributed by atoms with Crippen LogP contribution in [0.4, 0.5) is 0 Å². The Kier molecular flexibility index (Phi) is 5.55. The first-order chi connectivity index (χ1) is 5.61. The molecule has 0 aromatic carbocycles. The molecule has 1 N–H and O–H groups in total. The molecule has 0 radical (unpaired) electrons. The third-order valence-corrected chi connectivity index (χ3v) is 1.91. The predicted octanol–water partition coefficient (Wildman–Crippen LogP) is -5.44. The maximum Gasteiger partial charge on any atom is 1.00 e. The first-order valence-electron chi connectivity index (χ1n) is 3.81. The van der Waals surface area contributed by atoms with Gasteiger partial charge in [-0.2, -0.15) is 0 Å². The number of carbonyl (C=O) groups is 2. The summed E-state index contributed by atoms with van der Waals surface area (Å²) in [5.41, 5.74) is 0. The average Bonchev–Trinajstić information content (AvgIpc) is 2.04. The van der Waals surface area contributed by atoms with Crippen molar-refractivity contribution in [2.24, 2.45) is 0 Å². The summed E-state index contributed by atoms with van der Waals surface area (Å²) in [7, 11) is 0. The Bertz CT molecular complexity index is 190. The average molecular weight is 194 g/mol. The van der Waals surface area contributed by atoms with Gasteiger partial charge >= 0.3 is 29.6 Å². The van der Waals surface area contributed by atoms with E-state index >= 15 is 0 Å². The summed E-state index contributed by atoms with van der Waals surface area (Å²) in [4.78, 5) is 22.8. The molecule has 1 aliphatic heterocycles. The predicted molar refractivity (Wildman–Crippen MR) is 39.1 cm³/mol. The topological polar surface area (TPSA) is 72.5 Å². The minimum absolute atomic E-state index is 0. The Balaban J connectivity index is 0.00000144. The molecule has 6 heteroatoms. The van der Waals surface area contributed by atoms with Crippen molar-refractivity contribution in [1.29, 1.82) is 0 Å². The Morgan fingerprint density at radius 3 is 2.62 bits per heavy atom. The van der Waals surface area contributed by atoms with Gasteiger partial charge in [0.05, 0.1) is 12.0 Å². The second-order valence-electron chi connectivity index (χ2n) is 2.79. The van der Waals surface area contributed by atoms with E-state index in [1.54, 1.807) is 0 Å². The quantitative estimate of drug-likeness (QED) is 0.423. The van der Waals surface area contributed by atoms with Gasteiger partial charge in [-0.3, -0.25) is 4.79 Å². The summed E-state index contributed by atoms with van der Waals surface area (Å²) in [6.45, 7) is 2.71. The molecule has 0 aliphatic carbocycles. The molecule has 0 aromatic rings. The van der Waals surface area contributed by atoms with Gasteiger partial charge in [-0.1, -0.05) is 0 Å². The van der Waals surface area contributed by atoms with E-state index < -0.39 is 12.0 Å². The number of hydrogen-bond acceptors (Lipinski definition) is 4. The van der Waals surface area contributed by atoms with Gasteiger partial charge in [0.1, 0.15) is 0 Å². The van der Waals surface area contributed by atoms with E-state index in [9.17, 15) is 14.7 Å². The first kappa shape index (κ1) is 12.9. The molecule has 1 atom stereocenters. The Morgan fingerprint density at radius 1 is 1.54 bits per heavy atom. The molecule has 0 aromatic heterocycles. The molecule has 1 fully saturated rings. The Hall–Kier alpha value is -0.100. The van der Waals surface area contributed by atoms with Gasteiger partial charge in [0.2, 0.25) is 5.91 Å². The third-order valence-electron chi connectivity index (χ3n) is 1.91. The standard InChI is InChI=1S/C7H12N2O3.Na/c1-5(10)9-3-2-8-6(4-9)7(11)12;/h6,8H,2-4H2,1H3,(H,11,12);/q;+1/p-1/t6-;/m1./s1. The number of nitrogens with zero attached hydrogens (tertiary/aromatic N) is 1. The van der Waals surface area contributed by atoms with Crippen LogP contribution in [0, 0.1) is 0 Å². The monoisotopic (exact) mass is 194 g/mol. The van der Waals surface area contributed by atoms with Gasteiger partial charge in [-0.05, 0) is 0 Å². The molecule has 1 heterocycles. The van der Waals surface area contributed by atoms with E-state index in [4.69, 9.17) is 0 Å². The first-order valence-corrected chi connectivity index (χ1v) is 3.81. The van der Waals surface area contributed by atoms with Crippen molar-refractivity contribution in [3.63, 3.8) is 0 Å². The minimum Gasteiger partial charge on any atom is -0.548 e. The van der Waals surface area contributed by atoms with Crippen molar-refractivity contribution >= 4 is 11.9 Å². The van der Waals surface area contributed by atoms with Crippen molar-refractivity contribution in [3.05, 3.63) is 0 Å². The van der Waals surface area contributed by atoms with Crippen LogP contribution in [0.25, 0.3) is 0 Å². The number of hydrogen-bond donors (Lipinski definition) is 1. The van der Waals surface area contributed by atoms with Crippen molar-refractivity contribution in [2.45, 2.75) is 13.0 Å². The van der Waals surface area contributed by atoms with Crippen LogP contribution in [0.2, 0.25) is 0 Å². The smallest absolute Gasteiger partial charge is 0.548 e. The number of amides is 1. The summed E-state index contributed by atoms with van der Waals surface area (Å²) in [5.74, 6) is -1.25. The largest absolute Gasteiger partial charge is 1.00 e. The van der Waals surface area contributed by atoms with Crippen LogP contribution in [-0.2, 0) is 9.59 Å². The molecule has 1 aliphatic rings. The summed E-state index contributed by atoms with van der Waals surface area (Å²) < 4.78 is 0. The summed E-state index contributed by atoms with van der Waals surface area (Å²) in [6.07, 6.45) is 0. The fourth-order valence-corrected chi connectivity index (χ4v) is 1.19. The van der Waals surface area contributed by atoms with E-state index in [-0.39, 0.29) is 42.0 Å². The number of piperazine rings is 1. The summed E-state index contributed by atoms with van der Waals surface area (Å²) in [5, 5.41) is 13.2. The van der Waals surface area contributed by atoms with Gasteiger partial charge < -0.3 is 20.1 Å². The van der Waals surface area contributed by atoms with Gasteiger partial charge in [-0.15, -0.1) is 0 Å². The summed E-state index contributed by atoms with van der Waals surface area (Å²) >= 11 is 0. The molecule has 1 saturated heterocycles. The maximum atomic E-state index is 10.9. The van der Waals surface area contributed by atoms with Crippen LogP contribution in [0.15, 0.2) is 0 Å². The fraction of sp³-hybridized carbons (Fsp3) is 0.714. The van der Waals surface area contributed by atoms with Crippen LogP contribution in [-0.4, -0.2) is 42.5 Å². The number of carboxylic acids is 1. The van der Waals surface area contributed by atoms with E-state index in [0.29, 0.717) is 13.1 Å². The molecular formula is C7H11N2NaO3. The van der Waals surface area contributed by atoms with Gasteiger partial charge in [0.25, 0.3) is 0 Å². The molecule has 0 spiro atoms. The van der Waals surface area contributed by atoms with Crippen LogP contribution in [0.5, 0.6) is 0 Å². The number of aliphatic carboxylic acids is 1.